The number of hydrogen-bond acceptors (Lipinski definition) is 2. The fourth-order valence-electron chi connectivity index (χ4n) is 1.49. The Hall–Kier alpha value is -1.13. The first-order valence-electron chi connectivity index (χ1n) is 5.96. The van der Waals surface area contributed by atoms with E-state index in [4.69, 9.17) is 11.6 Å². The predicted molar refractivity (Wildman–Crippen MR) is 72.4 cm³/mol. The zero-order valence-corrected chi connectivity index (χ0v) is 11.4. The van der Waals surface area contributed by atoms with Crippen LogP contribution in [0.25, 0.3) is 0 Å². The number of rotatable bonds is 6. The number of carbonyl (C=O) groups excluding carboxylic acids is 1. The molecule has 0 aliphatic rings. The molecule has 3 nitrogen and oxygen atoms in total. The van der Waals surface area contributed by atoms with Crippen molar-refractivity contribution >= 4 is 23.2 Å². The molecule has 0 bridgehead atoms. The molecule has 0 aliphatic carbocycles. The maximum Gasteiger partial charge on any atom is 0.224 e. The second-order valence-electron chi connectivity index (χ2n) is 4.42. The summed E-state index contributed by atoms with van der Waals surface area (Å²) in [6.07, 6.45) is 1.14. The summed E-state index contributed by atoms with van der Waals surface area (Å²) >= 11 is 5.69. The number of carbonyl (C=O) groups is 1. The minimum absolute atomic E-state index is 0.137. The van der Waals surface area contributed by atoms with Crippen LogP contribution in [-0.2, 0) is 4.79 Å². The first-order valence-corrected chi connectivity index (χ1v) is 6.34. The molecule has 0 atom stereocenters. The van der Waals surface area contributed by atoms with E-state index in [2.05, 4.69) is 24.5 Å². The normalized spacial score (nSPS) is 10.7. The molecule has 18 heavy (non-hydrogen) atoms. The molecule has 100 valence electrons. The molecule has 0 aromatic heterocycles. The summed E-state index contributed by atoms with van der Waals surface area (Å²) in [5, 5.41) is 6.11. The second-order valence-corrected chi connectivity index (χ2v) is 4.86. The number of nitrogens with one attached hydrogen (secondary N) is 2. The van der Waals surface area contributed by atoms with Crippen LogP contribution in [-0.4, -0.2) is 18.5 Å². The van der Waals surface area contributed by atoms with Gasteiger partial charge < -0.3 is 10.6 Å². The lowest BCUT2D eigenvalue weighted by atomic mass is 10.2. The third-order valence-corrected chi connectivity index (χ3v) is 2.50. The number of halogens is 2. The van der Waals surface area contributed by atoms with E-state index in [0.717, 1.165) is 13.0 Å². The molecule has 0 saturated carbocycles. The van der Waals surface area contributed by atoms with Gasteiger partial charge in [-0.05, 0) is 31.2 Å². The molecule has 0 fully saturated rings. The highest BCUT2D eigenvalue weighted by atomic mass is 35.5. The Morgan fingerprint density at radius 2 is 2.11 bits per heavy atom. The van der Waals surface area contributed by atoms with Gasteiger partial charge in [0.2, 0.25) is 5.91 Å². The number of amides is 1. The summed E-state index contributed by atoms with van der Waals surface area (Å²) in [7, 11) is 0. The van der Waals surface area contributed by atoms with Crippen LogP contribution < -0.4 is 10.6 Å². The molecule has 0 unspecified atom stereocenters. The predicted octanol–water partition coefficient (Wildman–Crippen LogP) is 3.20. The summed E-state index contributed by atoms with van der Waals surface area (Å²) in [6, 6.07) is 4.38. The van der Waals surface area contributed by atoms with Crippen LogP contribution in [0.2, 0.25) is 5.02 Å². The minimum Gasteiger partial charge on any atom is -0.326 e. The quantitative estimate of drug-likeness (QED) is 0.781. The van der Waals surface area contributed by atoms with Gasteiger partial charge in [-0.2, -0.15) is 0 Å². The van der Waals surface area contributed by atoms with Gasteiger partial charge in [0.1, 0.15) is 5.82 Å². The third kappa shape index (κ3) is 5.98. The van der Waals surface area contributed by atoms with Gasteiger partial charge in [-0.1, -0.05) is 25.4 Å². The van der Waals surface area contributed by atoms with Crippen molar-refractivity contribution in [1.29, 1.82) is 0 Å². The van der Waals surface area contributed by atoms with E-state index in [0.29, 0.717) is 18.2 Å². The molecule has 0 radical (unpaired) electrons. The van der Waals surface area contributed by atoms with E-state index in [1.807, 2.05) is 0 Å². The van der Waals surface area contributed by atoms with Gasteiger partial charge in [0.25, 0.3) is 0 Å². The van der Waals surface area contributed by atoms with E-state index in [9.17, 15) is 9.18 Å². The Bertz CT molecular complexity index is 390. The van der Waals surface area contributed by atoms with Gasteiger partial charge in [-0.3, -0.25) is 4.79 Å². The molecule has 5 heteroatoms. The molecule has 0 heterocycles. The molecule has 1 aromatic carbocycles. The van der Waals surface area contributed by atoms with Crippen molar-refractivity contribution in [3.8, 4) is 0 Å². The maximum absolute atomic E-state index is 13.0. The Labute approximate surface area is 112 Å². The van der Waals surface area contributed by atoms with Crippen molar-refractivity contribution in [3.63, 3.8) is 0 Å². The first kappa shape index (κ1) is 14.9. The molecular formula is C13H18ClFN2O. The molecular weight excluding hydrogens is 255 g/mol. The Morgan fingerprint density at radius 3 is 2.72 bits per heavy atom. The smallest absolute Gasteiger partial charge is 0.224 e. The van der Waals surface area contributed by atoms with Crippen molar-refractivity contribution in [3.05, 3.63) is 29.0 Å². The second kappa shape index (κ2) is 7.34. The molecule has 0 saturated heterocycles. The molecule has 1 rings (SSSR count). The average molecular weight is 273 g/mol. The van der Waals surface area contributed by atoms with Crippen LogP contribution in [0.3, 0.4) is 0 Å². The lowest BCUT2D eigenvalue weighted by molar-refractivity contribution is -0.116. The molecule has 0 spiro atoms. The van der Waals surface area contributed by atoms with E-state index in [1.165, 1.54) is 18.2 Å². The Kier molecular flexibility index (Phi) is 6.09. The number of anilines is 1. The summed E-state index contributed by atoms with van der Waals surface area (Å²) in [6.45, 7) is 4.89. The minimum atomic E-state index is -0.459. The highest BCUT2D eigenvalue weighted by molar-refractivity contribution is 6.30. The SMILES string of the molecule is CC(C)NCCCC(=O)Nc1cc(F)cc(Cl)c1. The van der Waals surface area contributed by atoms with Gasteiger partial charge in [0, 0.05) is 23.2 Å². The monoisotopic (exact) mass is 272 g/mol. The molecule has 0 aliphatic heterocycles. The van der Waals surface area contributed by atoms with Crippen LogP contribution in [0.5, 0.6) is 0 Å². The molecule has 2 N–H and O–H groups in total. The third-order valence-electron chi connectivity index (χ3n) is 2.28. The van der Waals surface area contributed by atoms with Crippen LogP contribution in [0.15, 0.2) is 18.2 Å². The highest BCUT2D eigenvalue weighted by Crippen LogP contribution is 2.18. The Balaban J connectivity index is 2.35. The zero-order valence-electron chi connectivity index (χ0n) is 10.6. The van der Waals surface area contributed by atoms with E-state index < -0.39 is 5.82 Å². The van der Waals surface area contributed by atoms with Crippen LogP contribution in [0.1, 0.15) is 26.7 Å². The molecule has 1 aromatic rings. The zero-order chi connectivity index (χ0) is 13.5. The van der Waals surface area contributed by atoms with Gasteiger partial charge in [0.05, 0.1) is 0 Å². The average Bonchev–Trinajstić information content (AvgIpc) is 2.22. The lowest BCUT2D eigenvalue weighted by Crippen LogP contribution is -2.24. The largest absolute Gasteiger partial charge is 0.326 e. The highest BCUT2D eigenvalue weighted by Gasteiger charge is 2.04. The van der Waals surface area contributed by atoms with Crippen molar-refractivity contribution in [2.24, 2.45) is 0 Å². The van der Waals surface area contributed by atoms with Gasteiger partial charge in [0.15, 0.2) is 0 Å². The first-order chi connectivity index (χ1) is 8.47. The fourth-order valence-corrected chi connectivity index (χ4v) is 1.71. The number of hydrogen-bond donors (Lipinski definition) is 2. The van der Waals surface area contributed by atoms with Crippen molar-refractivity contribution in [2.45, 2.75) is 32.7 Å². The van der Waals surface area contributed by atoms with Crippen LogP contribution in [0, 0.1) is 5.82 Å². The lowest BCUT2D eigenvalue weighted by Gasteiger charge is -2.08. The standard InChI is InChI=1S/C13H18ClFN2O/c1-9(2)16-5-3-4-13(18)17-12-7-10(14)6-11(15)8-12/h6-9,16H,3-5H2,1-2H3,(H,17,18). The van der Waals surface area contributed by atoms with Gasteiger partial charge in [-0.25, -0.2) is 4.39 Å². The summed E-state index contributed by atoms with van der Waals surface area (Å²) in [5.41, 5.74) is 0.391. The summed E-state index contributed by atoms with van der Waals surface area (Å²) in [4.78, 5) is 11.6. The van der Waals surface area contributed by atoms with E-state index in [-0.39, 0.29) is 10.9 Å². The van der Waals surface area contributed by atoms with Gasteiger partial charge >= 0.3 is 0 Å². The van der Waals surface area contributed by atoms with Crippen molar-refractivity contribution in [1.82, 2.24) is 5.32 Å². The summed E-state index contributed by atoms with van der Waals surface area (Å²) < 4.78 is 13.0. The molecule has 1 amide bonds. The summed E-state index contributed by atoms with van der Waals surface area (Å²) in [5.74, 6) is -0.596. The van der Waals surface area contributed by atoms with Crippen molar-refractivity contribution in [2.75, 3.05) is 11.9 Å². The van der Waals surface area contributed by atoms with E-state index >= 15 is 0 Å². The van der Waals surface area contributed by atoms with Gasteiger partial charge in [-0.15, -0.1) is 0 Å². The van der Waals surface area contributed by atoms with E-state index in [1.54, 1.807) is 0 Å². The number of benzene rings is 1. The Morgan fingerprint density at radius 1 is 1.39 bits per heavy atom. The topological polar surface area (TPSA) is 41.1 Å². The fraction of sp³-hybridized carbons (Fsp3) is 0.462. The van der Waals surface area contributed by atoms with Crippen LogP contribution >= 0.6 is 11.6 Å². The van der Waals surface area contributed by atoms with Crippen molar-refractivity contribution < 1.29 is 9.18 Å². The maximum atomic E-state index is 13.0. The van der Waals surface area contributed by atoms with Crippen LogP contribution in [0.4, 0.5) is 10.1 Å².